The summed E-state index contributed by atoms with van der Waals surface area (Å²) in [4.78, 5) is 15.7. The van der Waals surface area contributed by atoms with Crippen molar-refractivity contribution in [1.82, 2.24) is 5.32 Å². The van der Waals surface area contributed by atoms with Crippen LogP contribution in [0.25, 0.3) is 0 Å². The molecule has 1 amide bonds. The Morgan fingerprint density at radius 3 is 2.46 bits per heavy atom. The smallest absolute Gasteiger partial charge is 0.497 e. The molecule has 0 aliphatic rings. The van der Waals surface area contributed by atoms with Crippen molar-refractivity contribution in [2.24, 2.45) is 10.7 Å². The van der Waals surface area contributed by atoms with Crippen molar-refractivity contribution in [1.29, 1.82) is 0 Å². The minimum atomic E-state index is -4.84. The number of methoxy groups -OCH3 is 1. The number of hydrogen-bond acceptors (Lipinski definition) is 4. The normalized spacial score (nSPS) is 11.6. The Bertz CT molecular complexity index is 824. The van der Waals surface area contributed by atoms with Crippen molar-refractivity contribution in [3.05, 3.63) is 54.1 Å². The van der Waals surface area contributed by atoms with Gasteiger partial charge in [0, 0.05) is 6.54 Å². The number of rotatable bonds is 7. The second kappa shape index (κ2) is 9.49. The number of hydrogen-bond donors (Lipinski definition) is 3. The molecule has 0 radical (unpaired) electrons. The van der Waals surface area contributed by atoms with E-state index in [2.05, 4.69) is 20.4 Å². The molecule has 10 heteroatoms. The van der Waals surface area contributed by atoms with Crippen molar-refractivity contribution in [2.75, 3.05) is 19.0 Å². The van der Waals surface area contributed by atoms with Gasteiger partial charge in [-0.15, -0.1) is 13.2 Å². The highest BCUT2D eigenvalue weighted by molar-refractivity contribution is 5.95. The monoisotopic (exact) mass is 396 g/mol. The second-order valence-corrected chi connectivity index (χ2v) is 5.50. The fourth-order valence-corrected chi connectivity index (χ4v) is 2.12. The molecule has 150 valence electrons. The van der Waals surface area contributed by atoms with Gasteiger partial charge in [-0.3, -0.25) is 4.79 Å². The van der Waals surface area contributed by atoms with E-state index < -0.39 is 18.0 Å². The first-order valence-corrected chi connectivity index (χ1v) is 8.08. The lowest BCUT2D eigenvalue weighted by molar-refractivity contribution is -0.274. The van der Waals surface area contributed by atoms with Crippen LogP contribution in [0, 0.1) is 0 Å². The van der Waals surface area contributed by atoms with E-state index in [-0.39, 0.29) is 24.7 Å². The summed E-state index contributed by atoms with van der Waals surface area (Å²) in [6.45, 7) is -0.00871. The average molecular weight is 396 g/mol. The van der Waals surface area contributed by atoms with Crippen LogP contribution in [-0.2, 0) is 11.3 Å². The molecule has 4 N–H and O–H groups in total. The number of nitrogens with one attached hydrogen (secondary N) is 2. The van der Waals surface area contributed by atoms with Crippen molar-refractivity contribution >= 4 is 17.6 Å². The number of guanidine groups is 1. The van der Waals surface area contributed by atoms with Crippen molar-refractivity contribution in [3.8, 4) is 11.5 Å². The van der Waals surface area contributed by atoms with Crippen LogP contribution in [-0.4, -0.2) is 31.9 Å². The molecule has 0 spiro atoms. The third-order valence-electron chi connectivity index (χ3n) is 3.42. The Morgan fingerprint density at radius 1 is 1.14 bits per heavy atom. The summed E-state index contributed by atoms with van der Waals surface area (Å²) in [6, 6.07) is 12.5. The van der Waals surface area contributed by atoms with Crippen molar-refractivity contribution in [3.63, 3.8) is 0 Å². The van der Waals surface area contributed by atoms with Gasteiger partial charge in [0.2, 0.25) is 5.91 Å². The van der Waals surface area contributed by atoms with Crippen LogP contribution in [0.3, 0.4) is 0 Å². The van der Waals surface area contributed by atoms with Gasteiger partial charge in [0.05, 0.1) is 12.8 Å². The number of amides is 1. The quantitative estimate of drug-likeness (QED) is 0.494. The molecular formula is C18H19F3N4O3. The first kappa shape index (κ1) is 20.9. The molecule has 0 bridgehead atoms. The summed E-state index contributed by atoms with van der Waals surface area (Å²) >= 11 is 0. The molecule has 0 atom stereocenters. The predicted octanol–water partition coefficient (Wildman–Crippen LogP) is 2.64. The molecule has 2 aromatic rings. The van der Waals surface area contributed by atoms with E-state index in [1.165, 1.54) is 18.2 Å². The number of para-hydroxylation sites is 2. The molecule has 0 unspecified atom stereocenters. The van der Waals surface area contributed by atoms with Crippen LogP contribution in [0.2, 0.25) is 0 Å². The maximum Gasteiger partial charge on any atom is 0.573 e. The van der Waals surface area contributed by atoms with Gasteiger partial charge >= 0.3 is 6.36 Å². The van der Waals surface area contributed by atoms with Gasteiger partial charge in [-0.1, -0.05) is 24.3 Å². The van der Waals surface area contributed by atoms with Gasteiger partial charge in [0.25, 0.3) is 0 Å². The number of aliphatic imine (C=N–C) groups is 1. The Labute approximate surface area is 159 Å². The summed E-state index contributed by atoms with van der Waals surface area (Å²) in [6.07, 6.45) is -4.84. The lowest BCUT2D eigenvalue weighted by Gasteiger charge is -2.14. The van der Waals surface area contributed by atoms with Crippen LogP contribution in [0.5, 0.6) is 11.5 Å². The maximum absolute atomic E-state index is 12.4. The number of benzene rings is 2. The predicted molar refractivity (Wildman–Crippen MR) is 98.1 cm³/mol. The van der Waals surface area contributed by atoms with Gasteiger partial charge in [0.15, 0.2) is 11.7 Å². The maximum atomic E-state index is 12.4. The number of nitrogens with zero attached hydrogens (tertiary/aromatic N) is 1. The standard InChI is InChI=1S/C18H19F3N4O3/c1-27-13-8-6-12(7-9-13)10-23-16(26)11-24-17(22)25-14-4-2-3-5-15(14)28-18(19,20)21/h2-9H,10-11H2,1H3,(H,23,26)(H3,22,24,25). The highest BCUT2D eigenvalue weighted by atomic mass is 19.4. The fourth-order valence-electron chi connectivity index (χ4n) is 2.12. The lowest BCUT2D eigenvalue weighted by Crippen LogP contribution is -2.29. The van der Waals surface area contributed by atoms with Gasteiger partial charge in [-0.2, -0.15) is 0 Å². The summed E-state index contributed by atoms with van der Waals surface area (Å²) in [7, 11) is 1.56. The molecule has 2 rings (SSSR count). The highest BCUT2D eigenvalue weighted by Crippen LogP contribution is 2.29. The minimum Gasteiger partial charge on any atom is -0.497 e. The van der Waals surface area contributed by atoms with Gasteiger partial charge in [0.1, 0.15) is 12.3 Å². The fraction of sp³-hybridized carbons (Fsp3) is 0.222. The zero-order valence-corrected chi connectivity index (χ0v) is 14.9. The summed E-state index contributed by atoms with van der Waals surface area (Å²) < 4.78 is 46.2. The third-order valence-corrected chi connectivity index (χ3v) is 3.42. The van der Waals surface area contributed by atoms with E-state index in [4.69, 9.17) is 10.5 Å². The number of carbonyl (C=O) groups excluding carboxylic acids is 1. The lowest BCUT2D eigenvalue weighted by atomic mass is 10.2. The number of alkyl halides is 3. The molecule has 0 aliphatic carbocycles. The van der Waals surface area contributed by atoms with E-state index in [0.29, 0.717) is 5.75 Å². The van der Waals surface area contributed by atoms with Crippen molar-refractivity contribution in [2.45, 2.75) is 12.9 Å². The molecule has 2 aromatic carbocycles. The van der Waals surface area contributed by atoms with E-state index in [1.54, 1.807) is 31.4 Å². The number of nitrogens with two attached hydrogens (primary N) is 1. The summed E-state index contributed by atoms with van der Waals surface area (Å²) in [5.74, 6) is -0.386. The highest BCUT2D eigenvalue weighted by Gasteiger charge is 2.32. The zero-order valence-electron chi connectivity index (χ0n) is 14.9. The molecule has 0 saturated carbocycles. The summed E-state index contributed by atoms with van der Waals surface area (Å²) in [5.41, 5.74) is 6.47. The first-order valence-electron chi connectivity index (χ1n) is 8.08. The molecule has 28 heavy (non-hydrogen) atoms. The Kier molecular flexibility index (Phi) is 7.08. The molecule has 0 heterocycles. The van der Waals surface area contributed by atoms with E-state index in [1.807, 2.05) is 0 Å². The number of carbonyl (C=O) groups is 1. The zero-order chi connectivity index (χ0) is 20.6. The Morgan fingerprint density at radius 2 is 1.82 bits per heavy atom. The largest absolute Gasteiger partial charge is 0.573 e. The van der Waals surface area contributed by atoms with Crippen LogP contribution < -0.4 is 25.8 Å². The topological polar surface area (TPSA) is 98.0 Å². The van der Waals surface area contributed by atoms with Crippen LogP contribution >= 0.6 is 0 Å². The van der Waals surface area contributed by atoms with Gasteiger partial charge in [-0.25, -0.2) is 4.99 Å². The van der Waals surface area contributed by atoms with E-state index >= 15 is 0 Å². The van der Waals surface area contributed by atoms with Crippen molar-refractivity contribution < 1.29 is 27.4 Å². The summed E-state index contributed by atoms with van der Waals surface area (Å²) in [5, 5.41) is 5.14. The van der Waals surface area contributed by atoms with Gasteiger partial charge < -0.3 is 25.8 Å². The Hall–Kier alpha value is -3.43. The third kappa shape index (κ3) is 7.06. The molecule has 7 nitrogen and oxygen atoms in total. The SMILES string of the molecule is COc1ccc(CNC(=O)CN=C(N)Nc2ccccc2OC(F)(F)F)cc1. The number of anilines is 1. The number of halogens is 3. The molecule has 0 saturated heterocycles. The van der Waals surface area contributed by atoms with Gasteiger partial charge in [-0.05, 0) is 29.8 Å². The van der Waals surface area contributed by atoms with E-state index in [9.17, 15) is 18.0 Å². The van der Waals surface area contributed by atoms with Crippen LogP contribution in [0.15, 0.2) is 53.5 Å². The van der Waals surface area contributed by atoms with Crippen LogP contribution in [0.4, 0.5) is 18.9 Å². The average Bonchev–Trinajstić information content (AvgIpc) is 2.65. The minimum absolute atomic E-state index is 0.0280. The number of ether oxygens (including phenoxy) is 2. The molecule has 0 aromatic heterocycles. The molecular weight excluding hydrogens is 377 g/mol. The van der Waals surface area contributed by atoms with E-state index in [0.717, 1.165) is 11.6 Å². The Balaban J connectivity index is 1.87. The molecule has 0 aliphatic heterocycles. The molecule has 0 fully saturated rings. The van der Waals surface area contributed by atoms with Crippen LogP contribution in [0.1, 0.15) is 5.56 Å². The second-order valence-electron chi connectivity index (χ2n) is 5.50. The first-order chi connectivity index (χ1) is 13.3.